The quantitative estimate of drug-likeness (QED) is 0.339. The summed E-state index contributed by atoms with van der Waals surface area (Å²) in [6, 6.07) is 0. The number of thioether (sulfide) groups is 3. The second-order valence-corrected chi connectivity index (χ2v) is 14.3. The Morgan fingerprint density at radius 1 is 1.05 bits per heavy atom. The Morgan fingerprint density at radius 3 is 2.19 bits per heavy atom. The van der Waals surface area contributed by atoms with Crippen molar-refractivity contribution in [3.05, 3.63) is 0 Å². The second-order valence-electron chi connectivity index (χ2n) is 7.33. The highest BCUT2D eigenvalue weighted by Gasteiger charge is 2.46. The minimum Gasteiger partial charge on any atom is -0.162 e. The van der Waals surface area contributed by atoms with Gasteiger partial charge in [-0.15, -0.1) is 11.8 Å². The highest BCUT2D eigenvalue weighted by molar-refractivity contribution is 14.1. The van der Waals surface area contributed by atoms with Crippen molar-refractivity contribution in [1.29, 1.82) is 0 Å². The number of alkyl halides is 1. The molecule has 2 saturated carbocycles. The SMILES string of the molecule is CSC1CCC(I)(S[C@]2(C)C[C@H](C)C(SC)CC2C)CC1. The highest BCUT2D eigenvalue weighted by Crippen LogP contribution is 2.58. The lowest BCUT2D eigenvalue weighted by Gasteiger charge is -2.50. The van der Waals surface area contributed by atoms with Crippen LogP contribution in [0, 0.1) is 11.8 Å². The van der Waals surface area contributed by atoms with Gasteiger partial charge < -0.3 is 0 Å². The van der Waals surface area contributed by atoms with Gasteiger partial charge >= 0.3 is 0 Å². The van der Waals surface area contributed by atoms with Gasteiger partial charge in [0.2, 0.25) is 0 Å². The molecule has 0 saturated heterocycles. The average molecular weight is 459 g/mol. The number of rotatable bonds is 4. The average Bonchev–Trinajstić information content (AvgIpc) is 2.43. The first-order chi connectivity index (χ1) is 9.82. The number of halogens is 1. The molecule has 0 aromatic rings. The predicted octanol–water partition coefficient (Wildman–Crippen LogP) is 6.71. The third-order valence-corrected chi connectivity index (χ3v) is 11.7. The van der Waals surface area contributed by atoms with E-state index in [1.807, 2.05) is 0 Å². The Morgan fingerprint density at radius 2 is 1.67 bits per heavy atom. The molecule has 2 unspecified atom stereocenters. The number of hydrogen-bond acceptors (Lipinski definition) is 3. The standard InChI is InChI=1S/C17H31IS3/c1-12-11-16(3,13(2)10-15(12)20-5)21-17(18)8-6-14(19-4)7-9-17/h12-15H,6-11H2,1-5H3/t12-,13?,14?,15?,16+,17?/m0/s1. The summed E-state index contributed by atoms with van der Waals surface area (Å²) >= 11 is 9.33. The molecule has 0 N–H and O–H groups in total. The highest BCUT2D eigenvalue weighted by atomic mass is 127. The van der Waals surface area contributed by atoms with Gasteiger partial charge in [-0.2, -0.15) is 23.5 Å². The van der Waals surface area contributed by atoms with E-state index in [0.717, 1.165) is 22.3 Å². The van der Waals surface area contributed by atoms with Gasteiger partial charge in [0.25, 0.3) is 0 Å². The molecule has 0 spiro atoms. The van der Waals surface area contributed by atoms with Gasteiger partial charge in [-0.05, 0) is 62.9 Å². The van der Waals surface area contributed by atoms with Crippen molar-refractivity contribution in [3.63, 3.8) is 0 Å². The lowest BCUT2D eigenvalue weighted by Crippen LogP contribution is -2.44. The van der Waals surface area contributed by atoms with Crippen molar-refractivity contribution in [2.24, 2.45) is 11.8 Å². The Bertz CT molecular complexity index is 341. The summed E-state index contributed by atoms with van der Waals surface area (Å²) in [5.41, 5.74) is 0. The van der Waals surface area contributed by atoms with Gasteiger partial charge in [-0.3, -0.25) is 0 Å². The van der Waals surface area contributed by atoms with Crippen molar-refractivity contribution in [2.75, 3.05) is 12.5 Å². The molecule has 4 atom stereocenters. The molecule has 0 radical (unpaired) electrons. The van der Waals surface area contributed by atoms with Crippen LogP contribution in [0.15, 0.2) is 0 Å². The summed E-state index contributed by atoms with van der Waals surface area (Å²) in [4.78, 5) is 0. The first-order valence-electron chi connectivity index (χ1n) is 8.26. The van der Waals surface area contributed by atoms with Crippen LogP contribution < -0.4 is 0 Å². The molecular weight excluding hydrogens is 427 g/mol. The maximum Gasteiger partial charge on any atom is 0.0679 e. The molecule has 0 aromatic carbocycles. The largest absolute Gasteiger partial charge is 0.162 e. The van der Waals surface area contributed by atoms with Crippen molar-refractivity contribution < 1.29 is 0 Å². The molecule has 2 fully saturated rings. The smallest absolute Gasteiger partial charge is 0.0679 e. The fourth-order valence-corrected chi connectivity index (χ4v) is 9.85. The Hall–Kier alpha value is 1.78. The van der Waals surface area contributed by atoms with E-state index < -0.39 is 0 Å². The molecule has 0 heterocycles. The summed E-state index contributed by atoms with van der Waals surface area (Å²) in [7, 11) is 0. The summed E-state index contributed by atoms with van der Waals surface area (Å²) in [5.74, 6) is 1.72. The molecule has 2 aliphatic rings. The summed E-state index contributed by atoms with van der Waals surface area (Å²) < 4.78 is 0.984. The molecule has 0 aromatic heterocycles. The zero-order valence-corrected chi connectivity index (χ0v) is 18.8. The zero-order chi connectivity index (χ0) is 15.7. The van der Waals surface area contributed by atoms with Crippen LogP contribution in [0.5, 0.6) is 0 Å². The molecule has 0 bridgehead atoms. The van der Waals surface area contributed by atoms with Crippen molar-refractivity contribution in [2.45, 2.75) is 77.3 Å². The fraction of sp³-hybridized carbons (Fsp3) is 1.00. The normalized spacial score (nSPS) is 48.3. The van der Waals surface area contributed by atoms with E-state index in [2.05, 4.69) is 91.2 Å². The zero-order valence-electron chi connectivity index (χ0n) is 14.2. The van der Waals surface area contributed by atoms with Gasteiger partial charge in [-0.1, -0.05) is 43.4 Å². The van der Waals surface area contributed by atoms with E-state index in [0.29, 0.717) is 7.50 Å². The van der Waals surface area contributed by atoms with Gasteiger partial charge in [0.05, 0.1) is 2.75 Å². The van der Waals surface area contributed by atoms with Gasteiger partial charge in [0.15, 0.2) is 0 Å². The van der Waals surface area contributed by atoms with E-state index in [1.54, 1.807) is 0 Å². The van der Waals surface area contributed by atoms with Crippen LogP contribution in [0.2, 0.25) is 0 Å². The molecular formula is C17H31IS3. The molecule has 2 rings (SSSR count). The van der Waals surface area contributed by atoms with Gasteiger partial charge in [-0.25, -0.2) is 0 Å². The predicted molar refractivity (Wildman–Crippen MR) is 113 cm³/mol. The van der Waals surface area contributed by atoms with E-state index in [4.69, 9.17) is 0 Å². The maximum absolute atomic E-state index is 2.81. The van der Waals surface area contributed by atoms with Crippen LogP contribution >= 0.6 is 57.9 Å². The van der Waals surface area contributed by atoms with Crippen LogP contribution in [0.4, 0.5) is 0 Å². The lowest BCUT2D eigenvalue weighted by atomic mass is 9.75. The van der Waals surface area contributed by atoms with E-state index >= 15 is 0 Å². The topological polar surface area (TPSA) is 0 Å². The minimum absolute atomic E-state index is 0.485. The van der Waals surface area contributed by atoms with Gasteiger partial charge in [0, 0.05) is 15.2 Å². The molecule has 0 nitrogen and oxygen atoms in total. The van der Waals surface area contributed by atoms with Crippen LogP contribution in [-0.4, -0.2) is 30.5 Å². The maximum atomic E-state index is 2.81. The Balaban J connectivity index is 2.00. The molecule has 0 aliphatic heterocycles. The molecule has 124 valence electrons. The van der Waals surface area contributed by atoms with Crippen molar-refractivity contribution in [1.82, 2.24) is 0 Å². The molecule has 2 aliphatic carbocycles. The van der Waals surface area contributed by atoms with Crippen LogP contribution in [-0.2, 0) is 0 Å². The van der Waals surface area contributed by atoms with E-state index in [-0.39, 0.29) is 0 Å². The van der Waals surface area contributed by atoms with Crippen molar-refractivity contribution >= 4 is 57.9 Å². The van der Waals surface area contributed by atoms with E-state index in [9.17, 15) is 0 Å². The molecule has 0 amide bonds. The summed E-state index contributed by atoms with van der Waals surface area (Å²) in [5, 5.41) is 1.80. The van der Waals surface area contributed by atoms with Gasteiger partial charge in [0.1, 0.15) is 0 Å². The van der Waals surface area contributed by atoms with Crippen LogP contribution in [0.25, 0.3) is 0 Å². The first-order valence-corrected chi connectivity index (χ1v) is 12.7. The second kappa shape index (κ2) is 7.77. The third-order valence-electron chi connectivity index (χ3n) is 5.72. The Kier molecular flexibility index (Phi) is 7.07. The Labute approximate surface area is 158 Å². The molecule has 21 heavy (non-hydrogen) atoms. The van der Waals surface area contributed by atoms with Crippen LogP contribution in [0.3, 0.4) is 0 Å². The summed E-state index contributed by atoms with van der Waals surface area (Å²) in [6.45, 7) is 7.56. The number of hydrogen-bond donors (Lipinski definition) is 0. The first kappa shape index (κ1) is 19.1. The van der Waals surface area contributed by atoms with E-state index in [1.165, 1.54) is 38.5 Å². The lowest BCUT2D eigenvalue weighted by molar-refractivity contribution is 0.257. The monoisotopic (exact) mass is 458 g/mol. The fourth-order valence-electron chi connectivity index (χ4n) is 4.05. The van der Waals surface area contributed by atoms with Crippen molar-refractivity contribution in [3.8, 4) is 0 Å². The molecule has 4 heteroatoms. The minimum atomic E-state index is 0.485. The summed E-state index contributed by atoms with van der Waals surface area (Å²) in [6.07, 6.45) is 13.1. The third kappa shape index (κ3) is 4.66. The van der Waals surface area contributed by atoms with Crippen LogP contribution in [0.1, 0.15) is 59.3 Å².